The van der Waals surface area contributed by atoms with Gasteiger partial charge in [-0.05, 0) is 42.7 Å². The van der Waals surface area contributed by atoms with Crippen molar-refractivity contribution in [2.45, 2.75) is 29.6 Å². The Balaban J connectivity index is 2.93. The van der Waals surface area contributed by atoms with Crippen LogP contribution in [0.4, 0.5) is 0 Å². The van der Waals surface area contributed by atoms with Crippen molar-refractivity contribution in [2.24, 2.45) is 0 Å². The lowest BCUT2D eigenvalue weighted by atomic mass is 10.1. The van der Waals surface area contributed by atoms with Gasteiger partial charge in [-0.15, -0.1) is 23.5 Å². The first-order chi connectivity index (χ1) is 6.30. The van der Waals surface area contributed by atoms with Crippen LogP contribution in [0, 0.1) is 0 Å². The standard InChI is InChI=1S/C11H16S2/c1-4-5-9-6-10(12-2)8-11(7-9)13-3/h6-8H,4-5H2,1-3H3. The van der Waals surface area contributed by atoms with E-state index in [2.05, 4.69) is 37.6 Å². The van der Waals surface area contributed by atoms with Crippen LogP contribution >= 0.6 is 23.5 Å². The Morgan fingerprint density at radius 3 is 1.92 bits per heavy atom. The van der Waals surface area contributed by atoms with Gasteiger partial charge in [0.25, 0.3) is 0 Å². The van der Waals surface area contributed by atoms with Gasteiger partial charge < -0.3 is 0 Å². The van der Waals surface area contributed by atoms with Gasteiger partial charge in [0, 0.05) is 9.79 Å². The zero-order valence-electron chi connectivity index (χ0n) is 8.46. The van der Waals surface area contributed by atoms with E-state index in [0.717, 1.165) is 0 Å². The van der Waals surface area contributed by atoms with E-state index >= 15 is 0 Å². The minimum Gasteiger partial charge on any atom is -0.130 e. The van der Waals surface area contributed by atoms with Gasteiger partial charge in [0.1, 0.15) is 0 Å². The maximum atomic E-state index is 2.30. The third-order valence-electron chi connectivity index (χ3n) is 1.95. The summed E-state index contributed by atoms with van der Waals surface area (Å²) in [6, 6.07) is 6.86. The number of hydrogen-bond donors (Lipinski definition) is 0. The number of aryl methyl sites for hydroxylation is 1. The fourth-order valence-electron chi connectivity index (χ4n) is 1.30. The van der Waals surface area contributed by atoms with E-state index in [-0.39, 0.29) is 0 Å². The largest absolute Gasteiger partial charge is 0.130 e. The van der Waals surface area contributed by atoms with E-state index in [4.69, 9.17) is 0 Å². The summed E-state index contributed by atoms with van der Waals surface area (Å²) >= 11 is 3.65. The SMILES string of the molecule is CCCc1cc(SC)cc(SC)c1. The minimum atomic E-state index is 1.20. The Bertz CT molecular complexity index is 247. The van der Waals surface area contributed by atoms with Crippen molar-refractivity contribution in [3.63, 3.8) is 0 Å². The summed E-state index contributed by atoms with van der Waals surface area (Å²) in [4.78, 5) is 2.77. The lowest BCUT2D eigenvalue weighted by Gasteiger charge is -2.05. The van der Waals surface area contributed by atoms with Crippen LogP contribution < -0.4 is 0 Å². The molecule has 0 bridgehead atoms. The molecular formula is C11H16S2. The van der Waals surface area contributed by atoms with E-state index in [1.165, 1.54) is 28.2 Å². The Labute approximate surface area is 89.5 Å². The van der Waals surface area contributed by atoms with Gasteiger partial charge in [-0.25, -0.2) is 0 Å². The smallest absolute Gasteiger partial charge is 0.00830 e. The van der Waals surface area contributed by atoms with E-state index < -0.39 is 0 Å². The highest BCUT2D eigenvalue weighted by molar-refractivity contribution is 7.99. The van der Waals surface area contributed by atoms with Gasteiger partial charge in [0.15, 0.2) is 0 Å². The third kappa shape index (κ3) is 3.28. The molecule has 0 radical (unpaired) electrons. The van der Waals surface area contributed by atoms with E-state index in [0.29, 0.717) is 0 Å². The molecule has 0 saturated carbocycles. The molecule has 0 aliphatic heterocycles. The molecule has 0 aliphatic carbocycles. The van der Waals surface area contributed by atoms with Gasteiger partial charge in [-0.3, -0.25) is 0 Å². The van der Waals surface area contributed by atoms with Crippen molar-refractivity contribution in [1.29, 1.82) is 0 Å². The molecule has 0 aromatic heterocycles. The van der Waals surface area contributed by atoms with Crippen molar-refractivity contribution in [1.82, 2.24) is 0 Å². The Kier molecular flexibility index (Phi) is 4.74. The quantitative estimate of drug-likeness (QED) is 0.690. The van der Waals surface area contributed by atoms with Gasteiger partial charge in [0.2, 0.25) is 0 Å². The average Bonchev–Trinajstić information content (AvgIpc) is 2.17. The molecule has 0 amide bonds. The molecule has 72 valence electrons. The summed E-state index contributed by atoms with van der Waals surface area (Å²) in [5.41, 5.74) is 1.47. The molecule has 0 saturated heterocycles. The molecule has 0 N–H and O–H groups in total. The summed E-state index contributed by atoms with van der Waals surface area (Å²) in [6.07, 6.45) is 6.69. The van der Waals surface area contributed by atoms with E-state index in [1.54, 1.807) is 0 Å². The molecule has 2 heteroatoms. The van der Waals surface area contributed by atoms with Crippen molar-refractivity contribution < 1.29 is 0 Å². The monoisotopic (exact) mass is 212 g/mol. The second-order valence-corrected chi connectivity index (χ2v) is 4.73. The van der Waals surface area contributed by atoms with Crippen LogP contribution in [0.3, 0.4) is 0 Å². The number of benzene rings is 1. The second-order valence-electron chi connectivity index (χ2n) is 2.97. The fourth-order valence-corrected chi connectivity index (χ4v) is 2.40. The number of rotatable bonds is 4. The maximum Gasteiger partial charge on any atom is 0.00830 e. The van der Waals surface area contributed by atoms with Crippen LogP contribution in [0.2, 0.25) is 0 Å². The van der Waals surface area contributed by atoms with E-state index in [1.807, 2.05) is 23.5 Å². The van der Waals surface area contributed by atoms with Crippen molar-refractivity contribution in [3.05, 3.63) is 23.8 Å². The van der Waals surface area contributed by atoms with Crippen molar-refractivity contribution >= 4 is 23.5 Å². The summed E-state index contributed by atoms with van der Waals surface area (Å²) in [7, 11) is 0. The Morgan fingerprint density at radius 2 is 1.54 bits per heavy atom. The highest BCUT2D eigenvalue weighted by Gasteiger charge is 1.98. The van der Waals surface area contributed by atoms with Crippen molar-refractivity contribution in [3.8, 4) is 0 Å². The third-order valence-corrected chi connectivity index (χ3v) is 3.36. The lowest BCUT2D eigenvalue weighted by molar-refractivity contribution is 0.912. The van der Waals surface area contributed by atoms with Crippen LogP contribution in [-0.4, -0.2) is 12.5 Å². The summed E-state index contributed by atoms with van der Waals surface area (Å²) in [5, 5.41) is 0. The summed E-state index contributed by atoms with van der Waals surface area (Å²) in [6.45, 7) is 2.23. The molecule has 0 heterocycles. The van der Waals surface area contributed by atoms with Gasteiger partial charge in [0.05, 0.1) is 0 Å². The van der Waals surface area contributed by atoms with Gasteiger partial charge in [-0.1, -0.05) is 13.3 Å². The summed E-state index contributed by atoms with van der Waals surface area (Å²) in [5.74, 6) is 0. The minimum absolute atomic E-state index is 1.20. The Morgan fingerprint density at radius 1 is 1.00 bits per heavy atom. The summed E-state index contributed by atoms with van der Waals surface area (Å²) < 4.78 is 0. The second kappa shape index (κ2) is 5.61. The molecule has 0 unspecified atom stereocenters. The molecule has 1 rings (SSSR count). The number of thioether (sulfide) groups is 2. The topological polar surface area (TPSA) is 0 Å². The molecule has 1 aromatic rings. The molecule has 13 heavy (non-hydrogen) atoms. The van der Waals surface area contributed by atoms with Crippen LogP contribution in [0.5, 0.6) is 0 Å². The molecule has 0 aliphatic rings. The molecular weight excluding hydrogens is 196 g/mol. The zero-order valence-corrected chi connectivity index (χ0v) is 10.1. The molecule has 0 fully saturated rings. The normalized spacial score (nSPS) is 10.4. The van der Waals surface area contributed by atoms with Crippen LogP contribution in [-0.2, 0) is 6.42 Å². The van der Waals surface area contributed by atoms with Crippen LogP contribution in [0.1, 0.15) is 18.9 Å². The van der Waals surface area contributed by atoms with Crippen molar-refractivity contribution in [2.75, 3.05) is 12.5 Å². The number of hydrogen-bond acceptors (Lipinski definition) is 2. The first kappa shape index (κ1) is 11.0. The average molecular weight is 212 g/mol. The fraction of sp³-hybridized carbons (Fsp3) is 0.455. The first-order valence-corrected chi connectivity index (χ1v) is 6.97. The van der Waals surface area contributed by atoms with Gasteiger partial charge in [-0.2, -0.15) is 0 Å². The molecule has 0 spiro atoms. The zero-order chi connectivity index (χ0) is 9.68. The van der Waals surface area contributed by atoms with Gasteiger partial charge >= 0.3 is 0 Å². The maximum absolute atomic E-state index is 2.30. The van der Waals surface area contributed by atoms with Crippen LogP contribution in [0.25, 0.3) is 0 Å². The van der Waals surface area contributed by atoms with E-state index in [9.17, 15) is 0 Å². The Hall–Kier alpha value is -0.0800. The lowest BCUT2D eigenvalue weighted by Crippen LogP contribution is -1.85. The van der Waals surface area contributed by atoms with Crippen LogP contribution in [0.15, 0.2) is 28.0 Å². The first-order valence-electron chi connectivity index (χ1n) is 4.52. The molecule has 0 atom stereocenters. The molecule has 1 aromatic carbocycles. The predicted octanol–water partition coefficient (Wildman–Crippen LogP) is 4.08. The highest BCUT2D eigenvalue weighted by Crippen LogP contribution is 2.25. The predicted molar refractivity (Wildman–Crippen MR) is 64.0 cm³/mol. The highest BCUT2D eigenvalue weighted by atomic mass is 32.2. The molecule has 0 nitrogen and oxygen atoms in total.